The summed E-state index contributed by atoms with van der Waals surface area (Å²) in [7, 11) is 2.06. The molecule has 0 amide bonds. The topological polar surface area (TPSA) is 68.5 Å². The van der Waals surface area contributed by atoms with Crippen molar-refractivity contribution in [2.75, 3.05) is 0 Å². The first-order valence-electron chi connectivity index (χ1n) is 10.1. The van der Waals surface area contributed by atoms with E-state index in [1.54, 1.807) is 12.1 Å². The Morgan fingerprint density at radius 1 is 0.774 bits per heavy atom. The van der Waals surface area contributed by atoms with Crippen molar-refractivity contribution in [3.63, 3.8) is 0 Å². The molecule has 0 saturated carbocycles. The van der Waals surface area contributed by atoms with Crippen LogP contribution in [-0.2, 0) is 0 Å². The molecule has 31 heavy (non-hydrogen) atoms. The van der Waals surface area contributed by atoms with Gasteiger partial charge in [0.1, 0.15) is 30.5 Å². The zero-order chi connectivity index (χ0) is 20.7. The van der Waals surface area contributed by atoms with Crippen molar-refractivity contribution >= 4 is 63.2 Å². The van der Waals surface area contributed by atoms with Gasteiger partial charge < -0.3 is 9.52 Å². The zero-order valence-corrected chi connectivity index (χ0v) is 16.6. The van der Waals surface area contributed by atoms with Gasteiger partial charge in [-0.2, -0.15) is 0 Å². The highest BCUT2D eigenvalue weighted by atomic mass is 16.3. The third-order valence-electron chi connectivity index (χ3n) is 5.94. The molecule has 0 atom stereocenters. The van der Waals surface area contributed by atoms with Crippen LogP contribution in [0, 0.1) is 0 Å². The van der Waals surface area contributed by atoms with E-state index in [1.807, 2.05) is 53.1 Å². The molecule has 0 fully saturated rings. The maximum Gasteiger partial charge on any atom is 0.221 e. The van der Waals surface area contributed by atoms with Gasteiger partial charge in [0.05, 0.1) is 22.1 Å². The van der Waals surface area contributed by atoms with Gasteiger partial charge in [-0.3, -0.25) is 8.97 Å². The van der Waals surface area contributed by atoms with Crippen molar-refractivity contribution in [3.8, 4) is 11.6 Å². The minimum atomic E-state index is 0.199. The van der Waals surface area contributed by atoms with E-state index in [0.717, 1.165) is 61.2 Å². The molecule has 0 aliphatic rings. The molecule has 1 N–H and O–H groups in total. The maximum atomic E-state index is 10.2. The first-order valence-corrected chi connectivity index (χ1v) is 10.1. The lowest BCUT2D eigenvalue weighted by molar-refractivity contribution is 0.476. The van der Waals surface area contributed by atoms with Crippen molar-refractivity contribution in [3.05, 3.63) is 72.8 Å². The van der Waals surface area contributed by atoms with Crippen molar-refractivity contribution in [1.82, 2.24) is 18.9 Å². The second kappa shape index (κ2) is 5.67. The van der Waals surface area contributed by atoms with Gasteiger partial charge in [-0.1, -0.05) is 29.7 Å². The third-order valence-corrected chi connectivity index (χ3v) is 5.94. The SMILES string of the molecule is Bc1cccc2c1nc1n(-c3ccc4oc5ccccc5c4n3)c3cc(O)ccc3n21. The van der Waals surface area contributed by atoms with Crippen molar-refractivity contribution in [1.29, 1.82) is 0 Å². The molecule has 0 radical (unpaired) electrons. The minimum Gasteiger partial charge on any atom is -0.508 e. The Bertz CT molecular complexity index is 1830. The number of furan rings is 1. The summed E-state index contributed by atoms with van der Waals surface area (Å²) < 4.78 is 10.1. The summed E-state index contributed by atoms with van der Waals surface area (Å²) in [6, 6.07) is 23.3. The number of benzene rings is 3. The van der Waals surface area contributed by atoms with E-state index in [9.17, 15) is 5.11 Å². The Kier molecular flexibility index (Phi) is 3.02. The molecule has 7 aromatic rings. The van der Waals surface area contributed by atoms with Crippen LogP contribution in [0.4, 0.5) is 0 Å². The summed E-state index contributed by atoms with van der Waals surface area (Å²) in [6.45, 7) is 0. The number of hydrogen-bond donors (Lipinski definition) is 1. The summed E-state index contributed by atoms with van der Waals surface area (Å²) in [4.78, 5) is 9.93. The van der Waals surface area contributed by atoms with Crippen LogP contribution in [0.2, 0.25) is 0 Å². The van der Waals surface area contributed by atoms with Gasteiger partial charge in [0, 0.05) is 11.5 Å². The predicted octanol–water partition coefficient (Wildman–Crippen LogP) is 3.69. The van der Waals surface area contributed by atoms with Crippen molar-refractivity contribution in [2.45, 2.75) is 0 Å². The predicted molar refractivity (Wildman–Crippen MR) is 124 cm³/mol. The highest BCUT2D eigenvalue weighted by molar-refractivity contribution is 6.38. The second-order valence-corrected chi connectivity index (χ2v) is 7.81. The first-order chi connectivity index (χ1) is 15.2. The van der Waals surface area contributed by atoms with Gasteiger partial charge in [0.25, 0.3) is 0 Å². The van der Waals surface area contributed by atoms with E-state index in [2.05, 4.69) is 24.4 Å². The largest absolute Gasteiger partial charge is 0.508 e. The smallest absolute Gasteiger partial charge is 0.221 e. The Morgan fingerprint density at radius 3 is 2.61 bits per heavy atom. The number of phenols is 1. The van der Waals surface area contributed by atoms with E-state index < -0.39 is 0 Å². The number of pyridine rings is 1. The van der Waals surface area contributed by atoms with E-state index in [4.69, 9.17) is 14.4 Å². The fourth-order valence-corrected chi connectivity index (χ4v) is 4.53. The molecular formula is C24H15BN4O2. The monoisotopic (exact) mass is 402 g/mol. The molecule has 0 saturated heterocycles. The maximum absolute atomic E-state index is 10.2. The quantitative estimate of drug-likeness (QED) is 0.426. The Morgan fingerprint density at radius 2 is 1.68 bits per heavy atom. The lowest BCUT2D eigenvalue weighted by Gasteiger charge is -2.05. The van der Waals surface area contributed by atoms with Crippen LogP contribution in [0.5, 0.6) is 5.75 Å². The Hall–Kier alpha value is -4.26. The summed E-state index contributed by atoms with van der Waals surface area (Å²) >= 11 is 0. The van der Waals surface area contributed by atoms with Crippen LogP contribution in [0.15, 0.2) is 77.2 Å². The number of imidazole rings is 2. The number of aromatic hydroxyl groups is 1. The minimum absolute atomic E-state index is 0.199. The lowest BCUT2D eigenvalue weighted by Crippen LogP contribution is -2.03. The number of para-hydroxylation sites is 2. The summed E-state index contributed by atoms with van der Waals surface area (Å²) in [6.07, 6.45) is 0. The highest BCUT2D eigenvalue weighted by Crippen LogP contribution is 2.32. The molecule has 0 aliphatic carbocycles. The summed E-state index contributed by atoms with van der Waals surface area (Å²) in [5.74, 6) is 1.67. The van der Waals surface area contributed by atoms with E-state index in [-0.39, 0.29) is 5.75 Å². The van der Waals surface area contributed by atoms with Gasteiger partial charge >= 0.3 is 0 Å². The fraction of sp³-hybridized carbons (Fsp3) is 0. The van der Waals surface area contributed by atoms with Crippen molar-refractivity contribution < 1.29 is 9.52 Å². The summed E-state index contributed by atoms with van der Waals surface area (Å²) in [5.41, 5.74) is 7.25. The molecule has 7 rings (SSSR count). The van der Waals surface area contributed by atoms with E-state index in [0.29, 0.717) is 0 Å². The van der Waals surface area contributed by atoms with Crippen LogP contribution in [0.3, 0.4) is 0 Å². The van der Waals surface area contributed by atoms with Gasteiger partial charge in [-0.15, -0.1) is 0 Å². The number of aromatic nitrogens is 4. The zero-order valence-electron chi connectivity index (χ0n) is 16.6. The molecule has 6 nitrogen and oxygen atoms in total. The van der Waals surface area contributed by atoms with Crippen LogP contribution < -0.4 is 5.46 Å². The first kappa shape index (κ1) is 16.5. The second-order valence-electron chi connectivity index (χ2n) is 7.81. The molecule has 3 aromatic carbocycles. The molecule has 7 heteroatoms. The number of hydrogen-bond acceptors (Lipinski definition) is 4. The van der Waals surface area contributed by atoms with Crippen molar-refractivity contribution in [2.24, 2.45) is 0 Å². The number of phenolic OH excluding ortho intramolecular Hbond substituents is 1. The molecule has 0 aliphatic heterocycles. The number of rotatable bonds is 1. The van der Waals surface area contributed by atoms with Crippen LogP contribution >= 0.6 is 0 Å². The third kappa shape index (κ3) is 2.12. The molecule has 4 heterocycles. The molecule has 0 bridgehead atoms. The summed E-state index contributed by atoms with van der Waals surface area (Å²) in [5, 5.41) is 11.2. The number of nitrogens with zero attached hydrogens (tertiary/aromatic N) is 4. The Labute approximate surface area is 176 Å². The standard InChI is InChI=1S/C24H15BN4O2/c25-15-5-3-6-17-23(15)27-24-28(17)16-9-8-13(30)12-18(16)29(24)21-11-10-20-22(26-21)14-4-1-2-7-19(14)31-20/h1-12,30H,25H2. The average Bonchev–Trinajstić information content (AvgIpc) is 3.42. The molecule has 146 valence electrons. The van der Waals surface area contributed by atoms with Gasteiger partial charge in [0.2, 0.25) is 5.78 Å². The molecule has 4 aromatic heterocycles. The van der Waals surface area contributed by atoms with E-state index in [1.165, 1.54) is 0 Å². The van der Waals surface area contributed by atoms with E-state index >= 15 is 0 Å². The van der Waals surface area contributed by atoms with Crippen LogP contribution in [0.1, 0.15) is 0 Å². The molecule has 0 spiro atoms. The average molecular weight is 402 g/mol. The lowest BCUT2D eigenvalue weighted by atomic mass is 9.95. The van der Waals surface area contributed by atoms with Crippen LogP contribution in [-0.4, -0.2) is 31.9 Å². The molecule has 0 unspecified atom stereocenters. The van der Waals surface area contributed by atoms with Gasteiger partial charge in [-0.25, -0.2) is 9.97 Å². The normalized spacial score (nSPS) is 12.1. The number of fused-ring (bicyclic) bond motifs is 8. The highest BCUT2D eigenvalue weighted by Gasteiger charge is 2.20. The Balaban J connectivity index is 1.66. The van der Waals surface area contributed by atoms with Crippen LogP contribution in [0.25, 0.3) is 55.7 Å². The fourth-order valence-electron chi connectivity index (χ4n) is 4.53. The van der Waals surface area contributed by atoms with Gasteiger partial charge in [-0.05, 0) is 42.5 Å². The van der Waals surface area contributed by atoms with Gasteiger partial charge in [0.15, 0.2) is 5.58 Å². The molecular weight excluding hydrogens is 387 g/mol.